The van der Waals surface area contributed by atoms with Gasteiger partial charge in [-0.3, -0.25) is 0 Å². The highest BCUT2D eigenvalue weighted by atomic mass is 35.5. The van der Waals surface area contributed by atoms with Gasteiger partial charge in [0.25, 0.3) is 0 Å². The molecule has 0 unspecified atom stereocenters. The van der Waals surface area contributed by atoms with E-state index in [0.717, 1.165) is 26.4 Å². The van der Waals surface area contributed by atoms with Crippen LogP contribution in [0, 0.1) is 0 Å². The monoisotopic (exact) mass is 289 g/mol. The summed E-state index contributed by atoms with van der Waals surface area (Å²) in [4.78, 5) is 1.15. The largest absolute Gasteiger partial charge is 0.488 e. The molecule has 0 saturated heterocycles. The van der Waals surface area contributed by atoms with E-state index in [1.807, 2.05) is 36.4 Å². The molecule has 0 fully saturated rings. The van der Waals surface area contributed by atoms with E-state index in [1.165, 1.54) is 0 Å². The molecule has 0 amide bonds. The second-order valence-electron chi connectivity index (χ2n) is 4.22. The fourth-order valence-electron chi connectivity index (χ4n) is 1.92. The number of anilines is 1. The number of nitrogen functional groups attached to an aromatic ring is 1. The van der Waals surface area contributed by atoms with E-state index in [4.69, 9.17) is 22.1 Å². The lowest BCUT2D eigenvalue weighted by atomic mass is 10.2. The van der Waals surface area contributed by atoms with Crippen LogP contribution in [0.4, 0.5) is 5.69 Å². The summed E-state index contributed by atoms with van der Waals surface area (Å²) in [5, 5.41) is 1.84. The number of halogens is 1. The molecular formula is C15H12ClNOS. The second kappa shape index (κ2) is 5.11. The quantitative estimate of drug-likeness (QED) is 0.708. The molecular weight excluding hydrogens is 278 g/mol. The van der Waals surface area contributed by atoms with Crippen LogP contribution < -0.4 is 10.5 Å². The zero-order valence-corrected chi connectivity index (χ0v) is 11.7. The predicted molar refractivity (Wildman–Crippen MR) is 82.0 cm³/mol. The molecule has 96 valence electrons. The van der Waals surface area contributed by atoms with Gasteiger partial charge in [0.2, 0.25) is 0 Å². The van der Waals surface area contributed by atoms with Gasteiger partial charge in [-0.1, -0.05) is 29.8 Å². The molecule has 0 aliphatic rings. The Balaban J connectivity index is 1.80. The summed E-state index contributed by atoms with van der Waals surface area (Å²) in [6.07, 6.45) is 0. The van der Waals surface area contributed by atoms with Crippen molar-refractivity contribution in [2.75, 3.05) is 5.73 Å². The van der Waals surface area contributed by atoms with Crippen LogP contribution in [0.1, 0.15) is 4.88 Å². The molecule has 3 aromatic rings. The Bertz CT molecular complexity index is 723. The molecule has 0 aliphatic carbocycles. The Morgan fingerprint density at radius 2 is 1.95 bits per heavy atom. The zero-order valence-electron chi connectivity index (χ0n) is 10.1. The average Bonchev–Trinajstić information content (AvgIpc) is 2.81. The molecule has 2 aromatic carbocycles. The van der Waals surface area contributed by atoms with Crippen molar-refractivity contribution in [3.05, 3.63) is 58.4 Å². The van der Waals surface area contributed by atoms with Gasteiger partial charge in [-0.15, -0.1) is 11.3 Å². The Morgan fingerprint density at radius 1 is 1.11 bits per heavy atom. The van der Waals surface area contributed by atoms with E-state index >= 15 is 0 Å². The van der Waals surface area contributed by atoms with E-state index in [-0.39, 0.29) is 0 Å². The minimum Gasteiger partial charge on any atom is -0.488 e. The third-order valence-corrected chi connectivity index (χ3v) is 4.21. The van der Waals surface area contributed by atoms with Gasteiger partial charge in [-0.05, 0) is 35.7 Å². The van der Waals surface area contributed by atoms with Crippen LogP contribution >= 0.6 is 22.9 Å². The maximum atomic E-state index is 5.95. The minimum absolute atomic E-state index is 0.527. The summed E-state index contributed by atoms with van der Waals surface area (Å²) in [7, 11) is 0. The number of fused-ring (bicyclic) bond motifs is 1. The Kier molecular flexibility index (Phi) is 3.32. The number of hydrogen-bond donors (Lipinski definition) is 1. The number of benzene rings is 2. The van der Waals surface area contributed by atoms with Crippen molar-refractivity contribution in [1.82, 2.24) is 0 Å². The summed E-state index contributed by atoms with van der Waals surface area (Å²) < 4.78 is 6.85. The summed E-state index contributed by atoms with van der Waals surface area (Å²) in [5.74, 6) is 0.776. The van der Waals surface area contributed by atoms with Gasteiger partial charge >= 0.3 is 0 Å². The summed E-state index contributed by atoms with van der Waals surface area (Å²) in [5.41, 5.74) is 6.77. The molecule has 0 radical (unpaired) electrons. The number of hydrogen-bond acceptors (Lipinski definition) is 3. The van der Waals surface area contributed by atoms with Crippen LogP contribution in [-0.2, 0) is 6.61 Å². The number of ether oxygens (including phenoxy) is 1. The van der Waals surface area contributed by atoms with Gasteiger partial charge in [0.05, 0.1) is 4.70 Å². The van der Waals surface area contributed by atoms with Gasteiger partial charge < -0.3 is 10.5 Å². The van der Waals surface area contributed by atoms with E-state index in [0.29, 0.717) is 11.6 Å². The van der Waals surface area contributed by atoms with Crippen molar-refractivity contribution in [2.45, 2.75) is 6.61 Å². The third-order valence-electron chi connectivity index (χ3n) is 2.80. The van der Waals surface area contributed by atoms with Crippen molar-refractivity contribution in [2.24, 2.45) is 0 Å². The highest BCUT2D eigenvalue weighted by Gasteiger charge is 2.05. The fraction of sp³-hybridized carbons (Fsp3) is 0.0667. The van der Waals surface area contributed by atoms with Crippen molar-refractivity contribution in [1.29, 1.82) is 0 Å². The zero-order chi connectivity index (χ0) is 13.2. The Hall–Kier alpha value is -1.71. The minimum atomic E-state index is 0.527. The molecule has 0 aliphatic heterocycles. The maximum Gasteiger partial charge on any atom is 0.122 e. The molecule has 2 nitrogen and oxygen atoms in total. The molecule has 3 rings (SSSR count). The van der Waals surface area contributed by atoms with Crippen molar-refractivity contribution < 1.29 is 4.74 Å². The topological polar surface area (TPSA) is 35.2 Å². The Labute approximate surface area is 120 Å². The first kappa shape index (κ1) is 12.3. The van der Waals surface area contributed by atoms with E-state index < -0.39 is 0 Å². The predicted octanol–water partition coefficient (Wildman–Crippen LogP) is 4.72. The molecule has 19 heavy (non-hydrogen) atoms. The lowest BCUT2D eigenvalue weighted by molar-refractivity contribution is 0.310. The molecule has 0 atom stereocenters. The van der Waals surface area contributed by atoms with Gasteiger partial charge in [-0.25, -0.2) is 0 Å². The summed E-state index contributed by atoms with van der Waals surface area (Å²) in [6, 6.07) is 15.5. The lowest BCUT2D eigenvalue weighted by Gasteiger charge is -2.04. The molecule has 1 heterocycles. The number of rotatable bonds is 3. The molecule has 2 N–H and O–H groups in total. The van der Waals surface area contributed by atoms with Crippen molar-refractivity contribution in [3.8, 4) is 5.75 Å². The van der Waals surface area contributed by atoms with Gasteiger partial charge in [0.15, 0.2) is 0 Å². The summed E-state index contributed by atoms with van der Waals surface area (Å²) >= 11 is 7.58. The normalized spacial score (nSPS) is 10.8. The van der Waals surface area contributed by atoms with Crippen LogP contribution in [0.25, 0.3) is 10.1 Å². The van der Waals surface area contributed by atoms with Gasteiger partial charge in [0, 0.05) is 15.6 Å². The summed E-state index contributed by atoms with van der Waals surface area (Å²) in [6.45, 7) is 0.527. The van der Waals surface area contributed by atoms with Gasteiger partial charge in [-0.2, -0.15) is 0 Å². The standard InChI is InChI=1S/C15H12ClNOS/c16-11-4-2-5-12(8-11)18-9-13-7-10-3-1-6-14(17)15(10)19-13/h1-8H,9,17H2. The lowest BCUT2D eigenvalue weighted by Crippen LogP contribution is -1.92. The van der Waals surface area contributed by atoms with Gasteiger partial charge in [0.1, 0.15) is 12.4 Å². The fourth-order valence-corrected chi connectivity index (χ4v) is 3.10. The maximum absolute atomic E-state index is 5.95. The van der Waals surface area contributed by atoms with E-state index in [1.54, 1.807) is 11.3 Å². The van der Waals surface area contributed by atoms with Crippen molar-refractivity contribution >= 4 is 38.7 Å². The molecule has 0 saturated carbocycles. The number of nitrogens with two attached hydrogens (primary N) is 1. The highest BCUT2D eigenvalue weighted by Crippen LogP contribution is 2.31. The first-order chi connectivity index (χ1) is 9.22. The smallest absolute Gasteiger partial charge is 0.122 e. The molecule has 0 bridgehead atoms. The molecule has 1 aromatic heterocycles. The van der Waals surface area contributed by atoms with Crippen LogP contribution in [0.3, 0.4) is 0 Å². The van der Waals surface area contributed by atoms with Crippen LogP contribution in [-0.4, -0.2) is 0 Å². The van der Waals surface area contributed by atoms with E-state index in [9.17, 15) is 0 Å². The van der Waals surface area contributed by atoms with Crippen LogP contribution in [0.15, 0.2) is 48.5 Å². The third kappa shape index (κ3) is 2.67. The first-order valence-electron chi connectivity index (χ1n) is 5.87. The van der Waals surface area contributed by atoms with E-state index in [2.05, 4.69) is 12.1 Å². The molecule has 4 heteroatoms. The Morgan fingerprint density at radius 3 is 2.74 bits per heavy atom. The van der Waals surface area contributed by atoms with Crippen LogP contribution in [0.2, 0.25) is 5.02 Å². The second-order valence-corrected chi connectivity index (χ2v) is 5.80. The average molecular weight is 290 g/mol. The molecule has 0 spiro atoms. The SMILES string of the molecule is Nc1cccc2cc(COc3cccc(Cl)c3)sc12. The number of thiophene rings is 1. The highest BCUT2D eigenvalue weighted by molar-refractivity contribution is 7.19. The van der Waals surface area contributed by atoms with Crippen LogP contribution in [0.5, 0.6) is 5.75 Å². The first-order valence-corrected chi connectivity index (χ1v) is 7.07. The van der Waals surface area contributed by atoms with Crippen molar-refractivity contribution in [3.63, 3.8) is 0 Å².